The van der Waals surface area contributed by atoms with Crippen molar-refractivity contribution >= 4 is 11.7 Å². The van der Waals surface area contributed by atoms with Crippen LogP contribution in [0.15, 0.2) is 24.3 Å². The average molecular weight is 304 g/mol. The smallest absolute Gasteiger partial charge is 0.220 e. The first-order chi connectivity index (χ1) is 10.4. The summed E-state index contributed by atoms with van der Waals surface area (Å²) in [7, 11) is 0. The minimum Gasteiger partial charge on any atom is -0.356 e. The molecule has 1 atom stereocenters. The predicted octanol–water partition coefficient (Wildman–Crippen LogP) is 2.56. The molecule has 0 bridgehead atoms. The Morgan fingerprint density at radius 3 is 2.27 bits per heavy atom. The topological polar surface area (TPSA) is 72.2 Å². The van der Waals surface area contributed by atoms with Gasteiger partial charge in [0.15, 0.2) is 5.78 Å². The molecule has 1 unspecified atom stereocenters. The van der Waals surface area contributed by atoms with E-state index in [-0.39, 0.29) is 30.4 Å². The first-order valence-corrected chi connectivity index (χ1v) is 8.01. The molecule has 0 saturated carbocycles. The van der Waals surface area contributed by atoms with E-state index in [4.69, 9.17) is 5.73 Å². The molecule has 0 fully saturated rings. The maximum atomic E-state index is 12.1. The maximum absolute atomic E-state index is 12.1. The number of nitrogens with one attached hydrogen (secondary N) is 1. The molecule has 0 radical (unpaired) electrons. The first kappa shape index (κ1) is 18.4. The van der Waals surface area contributed by atoms with E-state index in [0.717, 1.165) is 6.42 Å². The highest BCUT2D eigenvalue weighted by atomic mass is 16.2. The molecule has 1 amide bonds. The number of carbonyl (C=O) groups is 2. The Morgan fingerprint density at radius 1 is 1.09 bits per heavy atom. The summed E-state index contributed by atoms with van der Waals surface area (Å²) in [6, 6.07) is 7.70. The largest absolute Gasteiger partial charge is 0.356 e. The van der Waals surface area contributed by atoms with Gasteiger partial charge in [0.05, 0.1) is 0 Å². The highest BCUT2D eigenvalue weighted by Crippen LogP contribution is 2.12. The van der Waals surface area contributed by atoms with Gasteiger partial charge in [0.2, 0.25) is 5.91 Å². The number of rotatable bonds is 9. The quantitative estimate of drug-likeness (QED) is 0.689. The lowest BCUT2D eigenvalue weighted by Gasteiger charge is -2.10. The van der Waals surface area contributed by atoms with Gasteiger partial charge in [-0.1, -0.05) is 45.0 Å². The molecule has 0 aliphatic heterocycles. The summed E-state index contributed by atoms with van der Waals surface area (Å²) >= 11 is 0. The molecule has 1 aromatic carbocycles. The summed E-state index contributed by atoms with van der Waals surface area (Å²) in [6.07, 6.45) is 1.48. The number of hydrogen-bond acceptors (Lipinski definition) is 3. The molecule has 122 valence electrons. The third-order valence-corrected chi connectivity index (χ3v) is 3.55. The van der Waals surface area contributed by atoms with Crippen molar-refractivity contribution in [3.05, 3.63) is 35.4 Å². The fourth-order valence-corrected chi connectivity index (χ4v) is 2.13. The molecule has 0 aromatic heterocycles. The second-order valence-corrected chi connectivity index (χ2v) is 6.36. The number of nitrogens with two attached hydrogens (primary N) is 1. The van der Waals surface area contributed by atoms with Gasteiger partial charge < -0.3 is 11.1 Å². The van der Waals surface area contributed by atoms with Crippen LogP contribution in [0.25, 0.3) is 0 Å². The Balaban J connectivity index is 2.40. The Kier molecular flexibility index (Phi) is 7.82. The first-order valence-electron chi connectivity index (χ1n) is 8.01. The Hall–Kier alpha value is -1.68. The number of Topliss-reactive ketones (excluding diaryl/α,β-unsaturated/α-hetero) is 1. The minimum absolute atomic E-state index is 0.0121. The predicted molar refractivity (Wildman–Crippen MR) is 89.8 cm³/mol. The molecule has 22 heavy (non-hydrogen) atoms. The molecule has 0 spiro atoms. The zero-order valence-corrected chi connectivity index (χ0v) is 13.9. The third kappa shape index (κ3) is 6.85. The van der Waals surface area contributed by atoms with Crippen LogP contribution in [0.2, 0.25) is 0 Å². The van der Waals surface area contributed by atoms with Gasteiger partial charge in [0.1, 0.15) is 0 Å². The van der Waals surface area contributed by atoms with Crippen LogP contribution < -0.4 is 11.1 Å². The van der Waals surface area contributed by atoms with E-state index in [1.165, 1.54) is 5.56 Å². The SMILES string of the molecule is CC(C)Cc1ccc(C(=O)CCC(=O)NCC(C)CN)cc1. The molecule has 4 heteroatoms. The number of carbonyl (C=O) groups excluding carboxylic acids is 2. The van der Waals surface area contributed by atoms with Crippen molar-refractivity contribution in [2.45, 2.75) is 40.0 Å². The molecule has 3 N–H and O–H groups in total. The highest BCUT2D eigenvalue weighted by Gasteiger charge is 2.10. The Labute approximate surface area is 133 Å². The van der Waals surface area contributed by atoms with Gasteiger partial charge in [0.25, 0.3) is 0 Å². The summed E-state index contributed by atoms with van der Waals surface area (Å²) in [5, 5.41) is 2.80. The van der Waals surface area contributed by atoms with E-state index in [0.29, 0.717) is 24.6 Å². The van der Waals surface area contributed by atoms with E-state index in [2.05, 4.69) is 19.2 Å². The van der Waals surface area contributed by atoms with E-state index < -0.39 is 0 Å². The van der Waals surface area contributed by atoms with E-state index in [1.807, 2.05) is 31.2 Å². The maximum Gasteiger partial charge on any atom is 0.220 e. The van der Waals surface area contributed by atoms with Crippen LogP contribution >= 0.6 is 0 Å². The van der Waals surface area contributed by atoms with Gasteiger partial charge in [-0.25, -0.2) is 0 Å². The third-order valence-electron chi connectivity index (χ3n) is 3.55. The van der Waals surface area contributed by atoms with Crippen molar-refractivity contribution in [3.63, 3.8) is 0 Å². The molecule has 0 aliphatic rings. The normalized spacial score (nSPS) is 12.2. The van der Waals surface area contributed by atoms with Crippen LogP contribution in [0.5, 0.6) is 0 Å². The Bertz CT molecular complexity index is 480. The summed E-state index contributed by atoms with van der Waals surface area (Å²) in [5.74, 6) is 0.775. The van der Waals surface area contributed by atoms with Crippen LogP contribution in [-0.2, 0) is 11.2 Å². The lowest BCUT2D eigenvalue weighted by atomic mass is 9.99. The Morgan fingerprint density at radius 2 is 1.73 bits per heavy atom. The van der Waals surface area contributed by atoms with Crippen molar-refractivity contribution in [1.29, 1.82) is 0 Å². The average Bonchev–Trinajstić information content (AvgIpc) is 2.50. The number of ketones is 1. The molecule has 1 aromatic rings. The van der Waals surface area contributed by atoms with Gasteiger partial charge in [-0.05, 0) is 30.4 Å². The highest BCUT2D eigenvalue weighted by molar-refractivity contribution is 5.97. The van der Waals surface area contributed by atoms with Crippen LogP contribution in [0.3, 0.4) is 0 Å². The molecule has 0 saturated heterocycles. The fourth-order valence-electron chi connectivity index (χ4n) is 2.13. The second kappa shape index (κ2) is 9.36. The number of benzene rings is 1. The fraction of sp³-hybridized carbons (Fsp3) is 0.556. The van der Waals surface area contributed by atoms with Crippen molar-refractivity contribution in [1.82, 2.24) is 5.32 Å². The summed E-state index contributed by atoms with van der Waals surface area (Å²) in [6.45, 7) is 7.42. The van der Waals surface area contributed by atoms with Gasteiger partial charge in [0, 0.05) is 24.9 Å². The number of hydrogen-bond donors (Lipinski definition) is 2. The second-order valence-electron chi connectivity index (χ2n) is 6.36. The van der Waals surface area contributed by atoms with Crippen LogP contribution in [-0.4, -0.2) is 24.8 Å². The van der Waals surface area contributed by atoms with Gasteiger partial charge in [-0.2, -0.15) is 0 Å². The zero-order valence-electron chi connectivity index (χ0n) is 13.9. The zero-order chi connectivity index (χ0) is 16.5. The van der Waals surface area contributed by atoms with Crippen LogP contribution in [0, 0.1) is 11.8 Å². The lowest BCUT2D eigenvalue weighted by molar-refractivity contribution is -0.121. The summed E-state index contributed by atoms with van der Waals surface area (Å²) in [4.78, 5) is 23.7. The molecule has 1 rings (SSSR count). The van der Waals surface area contributed by atoms with Crippen LogP contribution in [0.4, 0.5) is 0 Å². The lowest BCUT2D eigenvalue weighted by Crippen LogP contribution is -2.31. The molecular weight excluding hydrogens is 276 g/mol. The minimum atomic E-state index is -0.0925. The molecule has 0 aliphatic carbocycles. The standard InChI is InChI=1S/C18H28N2O2/c1-13(2)10-15-4-6-16(7-5-15)17(21)8-9-18(22)20-12-14(3)11-19/h4-7,13-14H,8-12,19H2,1-3H3,(H,20,22). The van der Waals surface area contributed by atoms with E-state index in [9.17, 15) is 9.59 Å². The van der Waals surface area contributed by atoms with Gasteiger partial charge >= 0.3 is 0 Å². The van der Waals surface area contributed by atoms with Crippen molar-refractivity contribution < 1.29 is 9.59 Å². The monoisotopic (exact) mass is 304 g/mol. The summed E-state index contributed by atoms with van der Waals surface area (Å²) < 4.78 is 0. The van der Waals surface area contributed by atoms with Crippen molar-refractivity contribution in [2.75, 3.05) is 13.1 Å². The van der Waals surface area contributed by atoms with E-state index in [1.54, 1.807) is 0 Å². The molecule has 4 nitrogen and oxygen atoms in total. The number of amides is 1. The van der Waals surface area contributed by atoms with Gasteiger partial charge in [-0.15, -0.1) is 0 Å². The van der Waals surface area contributed by atoms with Crippen molar-refractivity contribution in [2.24, 2.45) is 17.6 Å². The van der Waals surface area contributed by atoms with Crippen LogP contribution in [0.1, 0.15) is 49.5 Å². The van der Waals surface area contributed by atoms with E-state index >= 15 is 0 Å². The summed E-state index contributed by atoms with van der Waals surface area (Å²) in [5.41, 5.74) is 7.41. The van der Waals surface area contributed by atoms with Crippen molar-refractivity contribution in [3.8, 4) is 0 Å². The molecule has 0 heterocycles. The molecular formula is C18H28N2O2. The van der Waals surface area contributed by atoms with Gasteiger partial charge in [-0.3, -0.25) is 9.59 Å².